The molecule has 98 valence electrons. The van der Waals surface area contributed by atoms with Gasteiger partial charge in [0.15, 0.2) is 0 Å². The molecule has 0 aliphatic rings. The van der Waals surface area contributed by atoms with Crippen LogP contribution in [0.2, 0.25) is 0 Å². The molecule has 1 aromatic rings. The highest BCUT2D eigenvalue weighted by Gasteiger charge is 2.10. The summed E-state index contributed by atoms with van der Waals surface area (Å²) in [6.07, 6.45) is 6.42. The van der Waals surface area contributed by atoms with Crippen LogP contribution in [0.3, 0.4) is 0 Å². The molecule has 0 aliphatic carbocycles. The van der Waals surface area contributed by atoms with Crippen molar-refractivity contribution in [3.05, 3.63) is 24.5 Å². The van der Waals surface area contributed by atoms with Crippen LogP contribution < -0.4 is 0 Å². The van der Waals surface area contributed by atoms with E-state index in [0.29, 0.717) is 0 Å². The number of aliphatic hydroxyl groups is 2. The second kappa shape index (κ2) is 9.99. The Balaban J connectivity index is 0.00000121. The van der Waals surface area contributed by atoms with Gasteiger partial charge in [0, 0.05) is 6.20 Å². The van der Waals surface area contributed by atoms with Gasteiger partial charge < -0.3 is 10.2 Å². The molecule has 1 aromatic heterocycles. The van der Waals surface area contributed by atoms with Crippen molar-refractivity contribution in [3.8, 4) is 0 Å². The number of unbranched alkanes of at least 4 members (excludes halogenated alkanes) is 1. The van der Waals surface area contributed by atoms with Gasteiger partial charge in [0.1, 0.15) is 0 Å². The van der Waals surface area contributed by atoms with Crippen LogP contribution in [0.5, 0.6) is 0 Å². The lowest BCUT2D eigenvalue weighted by Gasteiger charge is -2.09. The Bertz CT molecular complexity index is 296. The Morgan fingerprint density at radius 1 is 1.41 bits per heavy atom. The maximum Gasteiger partial charge on any atom is 0.0997 e. The van der Waals surface area contributed by atoms with Gasteiger partial charge in [-0.05, 0) is 19.3 Å². The zero-order valence-corrected chi connectivity index (χ0v) is 10.7. The minimum absolute atomic E-state index is 0.133. The number of allylic oxidation sites excluding steroid dienone is 1. The molecule has 0 amide bonds. The highest BCUT2D eigenvalue weighted by atomic mass is 16.3. The molecule has 0 saturated heterocycles. The third-order valence-electron chi connectivity index (χ3n) is 2.19. The SMILES string of the molecule is C=CCCCc1cn(C(CO)CO)nn1.CC. The van der Waals surface area contributed by atoms with Crippen LogP contribution in [0.1, 0.15) is 38.4 Å². The van der Waals surface area contributed by atoms with E-state index in [4.69, 9.17) is 10.2 Å². The van der Waals surface area contributed by atoms with Crippen LogP contribution in [0.15, 0.2) is 18.9 Å². The van der Waals surface area contributed by atoms with Gasteiger partial charge >= 0.3 is 0 Å². The van der Waals surface area contributed by atoms with Crippen molar-refractivity contribution in [1.29, 1.82) is 0 Å². The zero-order valence-electron chi connectivity index (χ0n) is 10.7. The standard InChI is InChI=1S/C10H17N3O2.C2H6/c1-2-3-4-5-9-6-13(12-11-9)10(7-14)8-15;1-2/h2,6,10,14-15H,1,3-5,7-8H2;1-2H3. The smallest absolute Gasteiger partial charge is 0.0997 e. The lowest BCUT2D eigenvalue weighted by atomic mass is 10.2. The summed E-state index contributed by atoms with van der Waals surface area (Å²) < 4.78 is 1.50. The summed E-state index contributed by atoms with van der Waals surface area (Å²) in [5, 5.41) is 25.7. The Morgan fingerprint density at radius 3 is 2.59 bits per heavy atom. The van der Waals surface area contributed by atoms with Gasteiger partial charge in [0.05, 0.1) is 24.9 Å². The van der Waals surface area contributed by atoms with E-state index in [1.165, 1.54) is 4.68 Å². The summed E-state index contributed by atoms with van der Waals surface area (Å²) >= 11 is 0. The van der Waals surface area contributed by atoms with Gasteiger partial charge in [-0.2, -0.15) is 0 Å². The molecule has 0 spiro atoms. The fraction of sp³-hybridized carbons (Fsp3) is 0.667. The predicted octanol–water partition coefficient (Wildman–Crippen LogP) is 1.34. The van der Waals surface area contributed by atoms with E-state index < -0.39 is 0 Å². The van der Waals surface area contributed by atoms with Gasteiger partial charge in [-0.3, -0.25) is 0 Å². The van der Waals surface area contributed by atoms with Crippen LogP contribution >= 0.6 is 0 Å². The lowest BCUT2D eigenvalue weighted by Crippen LogP contribution is -2.17. The van der Waals surface area contributed by atoms with E-state index in [0.717, 1.165) is 25.0 Å². The Kier molecular flexibility index (Phi) is 9.28. The maximum atomic E-state index is 8.94. The first-order valence-electron chi connectivity index (χ1n) is 6.05. The van der Waals surface area contributed by atoms with Crippen molar-refractivity contribution < 1.29 is 10.2 Å². The Labute approximate surface area is 103 Å². The molecule has 17 heavy (non-hydrogen) atoms. The Morgan fingerprint density at radius 2 is 2.06 bits per heavy atom. The number of aliphatic hydroxyl groups excluding tert-OH is 2. The number of rotatable bonds is 7. The summed E-state index contributed by atoms with van der Waals surface area (Å²) in [4.78, 5) is 0. The minimum atomic E-state index is -0.384. The van der Waals surface area contributed by atoms with E-state index in [2.05, 4.69) is 16.9 Å². The molecule has 2 N–H and O–H groups in total. The first-order valence-corrected chi connectivity index (χ1v) is 6.05. The van der Waals surface area contributed by atoms with Crippen LogP contribution in [-0.4, -0.2) is 38.4 Å². The highest BCUT2D eigenvalue weighted by Crippen LogP contribution is 2.06. The quantitative estimate of drug-likeness (QED) is 0.558. The second-order valence-corrected chi connectivity index (χ2v) is 3.39. The molecule has 1 rings (SSSR count). The zero-order chi connectivity index (χ0) is 13.1. The molecule has 0 aromatic carbocycles. The third-order valence-corrected chi connectivity index (χ3v) is 2.19. The summed E-state index contributed by atoms with van der Waals surface area (Å²) in [5.41, 5.74) is 0.878. The van der Waals surface area contributed by atoms with Crippen LogP contribution in [-0.2, 0) is 6.42 Å². The number of hydrogen-bond donors (Lipinski definition) is 2. The maximum absolute atomic E-state index is 8.94. The number of aromatic nitrogens is 3. The van der Waals surface area contributed by atoms with Crippen LogP contribution in [0.4, 0.5) is 0 Å². The van der Waals surface area contributed by atoms with E-state index in [1.807, 2.05) is 19.9 Å². The average Bonchev–Trinajstić information content (AvgIpc) is 2.82. The first-order chi connectivity index (χ1) is 8.31. The molecule has 0 unspecified atom stereocenters. The fourth-order valence-corrected chi connectivity index (χ4v) is 1.26. The molecule has 1 heterocycles. The van der Waals surface area contributed by atoms with E-state index >= 15 is 0 Å². The minimum Gasteiger partial charge on any atom is -0.394 e. The number of hydrogen-bond acceptors (Lipinski definition) is 4. The normalized spacial score (nSPS) is 9.94. The summed E-state index contributed by atoms with van der Waals surface area (Å²) in [6.45, 7) is 7.38. The third kappa shape index (κ3) is 5.60. The summed E-state index contributed by atoms with van der Waals surface area (Å²) in [5.74, 6) is 0. The van der Waals surface area contributed by atoms with Crippen molar-refractivity contribution in [2.45, 2.75) is 39.2 Å². The molecule has 0 aliphatic heterocycles. The molecule has 0 radical (unpaired) electrons. The number of aryl methyl sites for hydroxylation is 1. The van der Waals surface area contributed by atoms with Gasteiger partial charge in [-0.15, -0.1) is 11.7 Å². The van der Waals surface area contributed by atoms with Crippen LogP contribution in [0, 0.1) is 0 Å². The topological polar surface area (TPSA) is 71.2 Å². The molecule has 0 atom stereocenters. The van der Waals surface area contributed by atoms with Gasteiger partial charge in [0.2, 0.25) is 0 Å². The molecule has 0 bridgehead atoms. The number of nitrogens with zero attached hydrogens (tertiary/aromatic N) is 3. The predicted molar refractivity (Wildman–Crippen MR) is 67.7 cm³/mol. The van der Waals surface area contributed by atoms with Crippen molar-refractivity contribution in [1.82, 2.24) is 15.0 Å². The molecule has 0 fully saturated rings. The summed E-state index contributed by atoms with van der Waals surface area (Å²) in [7, 11) is 0. The van der Waals surface area contributed by atoms with Gasteiger partial charge in [-0.1, -0.05) is 25.1 Å². The van der Waals surface area contributed by atoms with Crippen molar-refractivity contribution in [2.75, 3.05) is 13.2 Å². The van der Waals surface area contributed by atoms with Gasteiger partial charge in [0.25, 0.3) is 0 Å². The molecular weight excluding hydrogens is 218 g/mol. The monoisotopic (exact) mass is 241 g/mol. The second-order valence-electron chi connectivity index (χ2n) is 3.39. The molecule has 0 saturated carbocycles. The Hall–Kier alpha value is -1.20. The lowest BCUT2D eigenvalue weighted by molar-refractivity contribution is 0.145. The summed E-state index contributed by atoms with van der Waals surface area (Å²) in [6, 6.07) is -0.384. The largest absolute Gasteiger partial charge is 0.394 e. The van der Waals surface area contributed by atoms with E-state index in [1.54, 1.807) is 6.20 Å². The van der Waals surface area contributed by atoms with E-state index in [9.17, 15) is 0 Å². The van der Waals surface area contributed by atoms with E-state index in [-0.39, 0.29) is 19.3 Å². The van der Waals surface area contributed by atoms with Crippen molar-refractivity contribution >= 4 is 0 Å². The molecule has 5 nitrogen and oxygen atoms in total. The van der Waals surface area contributed by atoms with Crippen molar-refractivity contribution in [3.63, 3.8) is 0 Å². The highest BCUT2D eigenvalue weighted by molar-refractivity contribution is 4.94. The fourth-order valence-electron chi connectivity index (χ4n) is 1.26. The van der Waals surface area contributed by atoms with Gasteiger partial charge in [-0.25, -0.2) is 4.68 Å². The van der Waals surface area contributed by atoms with Crippen molar-refractivity contribution in [2.24, 2.45) is 0 Å². The molecule has 5 heteroatoms. The molecular formula is C12H23N3O2. The average molecular weight is 241 g/mol. The first kappa shape index (κ1) is 15.8. The van der Waals surface area contributed by atoms with Crippen LogP contribution in [0.25, 0.3) is 0 Å².